The number of nitrogens with zero attached hydrogens (tertiary/aromatic N) is 2. The Labute approximate surface area is 98.3 Å². The summed E-state index contributed by atoms with van der Waals surface area (Å²) in [6, 6.07) is 1.04. The maximum Gasteiger partial charge on any atom is 0.125 e. The minimum Gasteiger partial charge on any atom is -0.337 e. The summed E-state index contributed by atoms with van der Waals surface area (Å²) in [5.41, 5.74) is 0. The lowest BCUT2D eigenvalue weighted by Crippen LogP contribution is -2.35. The Hall–Kier alpha value is -0.830. The van der Waals surface area contributed by atoms with Gasteiger partial charge in [-0.3, -0.25) is 0 Å². The number of aromatic nitrogens is 2. The molecule has 3 nitrogen and oxygen atoms in total. The molecule has 1 N–H and O–H groups in total. The van der Waals surface area contributed by atoms with Gasteiger partial charge in [0.05, 0.1) is 6.04 Å². The second kappa shape index (κ2) is 5.00. The molecule has 16 heavy (non-hydrogen) atoms. The molecule has 0 aromatic carbocycles. The molecule has 0 aliphatic heterocycles. The van der Waals surface area contributed by atoms with Gasteiger partial charge in [-0.15, -0.1) is 0 Å². The van der Waals surface area contributed by atoms with Crippen LogP contribution in [0, 0.1) is 5.92 Å². The van der Waals surface area contributed by atoms with Gasteiger partial charge in [-0.2, -0.15) is 0 Å². The molecule has 1 fully saturated rings. The summed E-state index contributed by atoms with van der Waals surface area (Å²) in [6.45, 7) is 4.57. The van der Waals surface area contributed by atoms with E-state index in [-0.39, 0.29) is 0 Å². The van der Waals surface area contributed by atoms with E-state index in [1.807, 2.05) is 12.4 Å². The zero-order chi connectivity index (χ0) is 11.5. The number of aryl methyl sites for hydroxylation is 1. The molecule has 1 atom stereocenters. The fourth-order valence-corrected chi connectivity index (χ4v) is 2.65. The van der Waals surface area contributed by atoms with Crippen molar-refractivity contribution in [1.29, 1.82) is 0 Å². The van der Waals surface area contributed by atoms with Crippen molar-refractivity contribution < 1.29 is 0 Å². The average Bonchev–Trinajstić information content (AvgIpc) is 2.68. The fourth-order valence-electron chi connectivity index (χ4n) is 2.65. The molecule has 0 bridgehead atoms. The third-order valence-electron chi connectivity index (χ3n) is 3.75. The minimum atomic E-state index is 0.360. The maximum absolute atomic E-state index is 4.40. The monoisotopic (exact) mass is 221 g/mol. The number of rotatable bonds is 3. The van der Waals surface area contributed by atoms with Crippen LogP contribution in [0.25, 0.3) is 0 Å². The Morgan fingerprint density at radius 1 is 1.38 bits per heavy atom. The van der Waals surface area contributed by atoms with Gasteiger partial charge in [0.1, 0.15) is 5.82 Å². The van der Waals surface area contributed by atoms with Gasteiger partial charge in [-0.25, -0.2) is 4.98 Å². The summed E-state index contributed by atoms with van der Waals surface area (Å²) < 4.78 is 2.10. The number of nitrogens with one attached hydrogen (secondary N) is 1. The Kier molecular flexibility index (Phi) is 3.64. The van der Waals surface area contributed by atoms with Gasteiger partial charge in [0.15, 0.2) is 0 Å². The molecule has 1 aromatic heterocycles. The Morgan fingerprint density at radius 2 is 2.06 bits per heavy atom. The Morgan fingerprint density at radius 3 is 2.62 bits per heavy atom. The summed E-state index contributed by atoms with van der Waals surface area (Å²) in [5.74, 6) is 2.06. The molecule has 0 spiro atoms. The molecule has 2 rings (SSSR count). The van der Waals surface area contributed by atoms with Crippen molar-refractivity contribution in [3.8, 4) is 0 Å². The Bertz CT molecular complexity index is 324. The lowest BCUT2D eigenvalue weighted by Gasteiger charge is -2.29. The first-order valence-corrected chi connectivity index (χ1v) is 6.40. The van der Waals surface area contributed by atoms with E-state index in [0.29, 0.717) is 12.1 Å². The van der Waals surface area contributed by atoms with E-state index in [2.05, 4.69) is 35.8 Å². The van der Waals surface area contributed by atoms with Crippen molar-refractivity contribution in [2.75, 3.05) is 0 Å². The first kappa shape index (κ1) is 11.6. The molecule has 1 unspecified atom stereocenters. The predicted molar refractivity (Wildman–Crippen MR) is 66.2 cm³/mol. The van der Waals surface area contributed by atoms with Gasteiger partial charge in [0.2, 0.25) is 0 Å². The van der Waals surface area contributed by atoms with Gasteiger partial charge in [0, 0.05) is 25.5 Å². The third kappa shape index (κ3) is 2.64. The van der Waals surface area contributed by atoms with E-state index in [1.165, 1.54) is 25.7 Å². The number of hydrogen-bond acceptors (Lipinski definition) is 2. The van der Waals surface area contributed by atoms with Crippen LogP contribution in [0.2, 0.25) is 0 Å². The molecule has 0 amide bonds. The van der Waals surface area contributed by atoms with Crippen LogP contribution in [0.1, 0.15) is 51.4 Å². The van der Waals surface area contributed by atoms with Crippen LogP contribution < -0.4 is 5.32 Å². The van der Waals surface area contributed by atoms with Crippen molar-refractivity contribution in [3.05, 3.63) is 18.2 Å². The lowest BCUT2D eigenvalue weighted by atomic mass is 9.87. The van der Waals surface area contributed by atoms with Crippen LogP contribution in [0.3, 0.4) is 0 Å². The highest BCUT2D eigenvalue weighted by atomic mass is 15.1. The minimum absolute atomic E-state index is 0.360. The molecule has 1 heterocycles. The van der Waals surface area contributed by atoms with Gasteiger partial charge in [-0.1, -0.05) is 6.92 Å². The number of imidazole rings is 1. The van der Waals surface area contributed by atoms with E-state index in [9.17, 15) is 0 Å². The summed E-state index contributed by atoms with van der Waals surface area (Å²) in [6.07, 6.45) is 9.24. The summed E-state index contributed by atoms with van der Waals surface area (Å²) >= 11 is 0. The van der Waals surface area contributed by atoms with E-state index < -0.39 is 0 Å². The molecule has 0 saturated heterocycles. The lowest BCUT2D eigenvalue weighted by molar-refractivity contribution is 0.287. The van der Waals surface area contributed by atoms with Crippen LogP contribution in [0.5, 0.6) is 0 Å². The molecule has 1 aliphatic carbocycles. The van der Waals surface area contributed by atoms with Gasteiger partial charge in [0.25, 0.3) is 0 Å². The first-order valence-electron chi connectivity index (χ1n) is 6.40. The van der Waals surface area contributed by atoms with E-state index in [4.69, 9.17) is 0 Å². The second-order valence-corrected chi connectivity index (χ2v) is 5.24. The molecule has 3 heteroatoms. The fraction of sp³-hybridized carbons (Fsp3) is 0.769. The van der Waals surface area contributed by atoms with Gasteiger partial charge in [-0.05, 0) is 38.5 Å². The third-order valence-corrected chi connectivity index (χ3v) is 3.75. The first-order chi connectivity index (χ1) is 7.66. The van der Waals surface area contributed by atoms with Crippen molar-refractivity contribution in [2.24, 2.45) is 13.0 Å². The Balaban J connectivity index is 1.88. The molecule has 1 aliphatic rings. The van der Waals surface area contributed by atoms with Crippen LogP contribution in [-0.4, -0.2) is 15.6 Å². The van der Waals surface area contributed by atoms with E-state index in [1.54, 1.807) is 0 Å². The van der Waals surface area contributed by atoms with Crippen LogP contribution in [0.15, 0.2) is 12.4 Å². The second-order valence-electron chi connectivity index (χ2n) is 5.24. The van der Waals surface area contributed by atoms with Crippen LogP contribution in [0.4, 0.5) is 0 Å². The normalized spacial score (nSPS) is 27.9. The highest BCUT2D eigenvalue weighted by Gasteiger charge is 2.21. The average molecular weight is 221 g/mol. The van der Waals surface area contributed by atoms with Crippen LogP contribution in [-0.2, 0) is 7.05 Å². The van der Waals surface area contributed by atoms with E-state index >= 15 is 0 Å². The molecular formula is C13H23N3. The predicted octanol–water partition coefficient (Wildman–Crippen LogP) is 2.65. The van der Waals surface area contributed by atoms with E-state index in [0.717, 1.165) is 11.7 Å². The molecule has 0 radical (unpaired) electrons. The van der Waals surface area contributed by atoms with Crippen molar-refractivity contribution in [3.63, 3.8) is 0 Å². The highest BCUT2D eigenvalue weighted by molar-refractivity contribution is 4.98. The SMILES string of the molecule is CC1CCC(NC(C)c2nccn2C)CC1. The summed E-state index contributed by atoms with van der Waals surface area (Å²) in [5, 5.41) is 3.70. The largest absolute Gasteiger partial charge is 0.337 e. The summed E-state index contributed by atoms with van der Waals surface area (Å²) in [4.78, 5) is 4.40. The number of hydrogen-bond donors (Lipinski definition) is 1. The highest BCUT2D eigenvalue weighted by Crippen LogP contribution is 2.25. The summed E-state index contributed by atoms with van der Waals surface area (Å²) in [7, 11) is 2.06. The molecule has 1 saturated carbocycles. The zero-order valence-electron chi connectivity index (χ0n) is 10.6. The van der Waals surface area contributed by atoms with Gasteiger partial charge >= 0.3 is 0 Å². The maximum atomic E-state index is 4.40. The molecule has 1 aromatic rings. The smallest absolute Gasteiger partial charge is 0.125 e. The van der Waals surface area contributed by atoms with Crippen molar-refractivity contribution in [1.82, 2.24) is 14.9 Å². The van der Waals surface area contributed by atoms with Crippen molar-refractivity contribution in [2.45, 2.75) is 51.6 Å². The molecule has 90 valence electrons. The topological polar surface area (TPSA) is 29.9 Å². The van der Waals surface area contributed by atoms with Gasteiger partial charge < -0.3 is 9.88 Å². The zero-order valence-corrected chi connectivity index (χ0v) is 10.6. The molecular weight excluding hydrogens is 198 g/mol. The standard InChI is InChI=1S/C13H23N3/c1-10-4-6-12(7-5-10)15-11(2)13-14-8-9-16(13)3/h8-12,15H,4-7H2,1-3H3. The quantitative estimate of drug-likeness (QED) is 0.850. The van der Waals surface area contributed by atoms with Crippen molar-refractivity contribution >= 4 is 0 Å². The van der Waals surface area contributed by atoms with Crippen LogP contribution >= 0.6 is 0 Å².